The molecule has 114 valence electrons. The van der Waals surface area contributed by atoms with Crippen LogP contribution in [0.4, 0.5) is 5.95 Å². The smallest absolute Gasteiger partial charge is 0.242 e. The minimum atomic E-state index is -0.427. The van der Waals surface area contributed by atoms with Gasteiger partial charge in [0, 0.05) is 11.4 Å². The maximum atomic E-state index is 12.0. The molecule has 22 heavy (non-hydrogen) atoms. The molecule has 1 aromatic carbocycles. The fourth-order valence-electron chi connectivity index (χ4n) is 2.29. The average molecular weight is 298 g/mol. The lowest BCUT2D eigenvalue weighted by molar-refractivity contribution is -0.122. The van der Waals surface area contributed by atoms with E-state index in [-0.39, 0.29) is 11.9 Å². The summed E-state index contributed by atoms with van der Waals surface area (Å²) >= 11 is 0. The van der Waals surface area contributed by atoms with Crippen LogP contribution < -0.4 is 10.6 Å². The van der Waals surface area contributed by atoms with Gasteiger partial charge in [-0.1, -0.05) is 23.4 Å². The summed E-state index contributed by atoms with van der Waals surface area (Å²) in [5, 5.41) is 14.9. The number of anilines is 1. The molecule has 0 unspecified atom stereocenters. The van der Waals surface area contributed by atoms with Crippen LogP contribution in [0.15, 0.2) is 30.5 Å². The fraction of sp³-hybridized carbons (Fsp3) is 0.333. The van der Waals surface area contributed by atoms with Crippen LogP contribution in [0.5, 0.6) is 0 Å². The number of amides is 1. The summed E-state index contributed by atoms with van der Waals surface area (Å²) in [7, 11) is 0. The van der Waals surface area contributed by atoms with Crippen LogP contribution in [0.1, 0.15) is 20.8 Å². The second-order valence-corrected chi connectivity index (χ2v) is 5.51. The van der Waals surface area contributed by atoms with Gasteiger partial charge >= 0.3 is 0 Å². The van der Waals surface area contributed by atoms with Crippen molar-refractivity contribution in [1.82, 2.24) is 25.1 Å². The zero-order valence-corrected chi connectivity index (χ0v) is 12.7. The number of hydrogen-bond acceptors (Lipinski definition) is 5. The van der Waals surface area contributed by atoms with Crippen LogP contribution in [0.2, 0.25) is 0 Å². The predicted molar refractivity (Wildman–Crippen MR) is 84.7 cm³/mol. The summed E-state index contributed by atoms with van der Waals surface area (Å²) < 4.78 is 1.61. The highest BCUT2D eigenvalue weighted by Crippen LogP contribution is 2.20. The van der Waals surface area contributed by atoms with E-state index in [2.05, 4.69) is 25.9 Å². The van der Waals surface area contributed by atoms with Gasteiger partial charge in [0.25, 0.3) is 0 Å². The van der Waals surface area contributed by atoms with Crippen LogP contribution in [-0.4, -0.2) is 37.8 Å². The minimum absolute atomic E-state index is 0.0850. The molecule has 0 fully saturated rings. The van der Waals surface area contributed by atoms with E-state index in [1.54, 1.807) is 17.6 Å². The van der Waals surface area contributed by atoms with Crippen molar-refractivity contribution in [3.8, 4) is 0 Å². The van der Waals surface area contributed by atoms with Crippen molar-refractivity contribution in [1.29, 1.82) is 0 Å². The molecule has 7 heteroatoms. The van der Waals surface area contributed by atoms with Crippen LogP contribution in [0, 0.1) is 0 Å². The van der Waals surface area contributed by atoms with Gasteiger partial charge in [-0.2, -0.15) is 4.52 Å². The monoisotopic (exact) mass is 298 g/mol. The van der Waals surface area contributed by atoms with Crippen molar-refractivity contribution in [2.24, 2.45) is 0 Å². The van der Waals surface area contributed by atoms with Crippen molar-refractivity contribution in [2.45, 2.75) is 32.9 Å². The van der Waals surface area contributed by atoms with Crippen molar-refractivity contribution >= 4 is 28.3 Å². The number of nitrogens with one attached hydrogen (secondary N) is 2. The molecule has 7 nitrogen and oxygen atoms in total. The molecular weight excluding hydrogens is 280 g/mol. The second-order valence-electron chi connectivity index (χ2n) is 5.51. The summed E-state index contributed by atoms with van der Waals surface area (Å²) in [4.78, 5) is 16.6. The van der Waals surface area contributed by atoms with E-state index in [9.17, 15) is 4.79 Å². The molecule has 1 amide bonds. The third-order valence-corrected chi connectivity index (χ3v) is 3.33. The SMILES string of the molecule is CC(C)NC(=O)[C@@H](C)Nc1nc2ccccc2c2cnnn12. The van der Waals surface area contributed by atoms with E-state index in [1.165, 1.54) is 0 Å². The Hall–Kier alpha value is -2.70. The molecule has 0 saturated carbocycles. The molecule has 0 aliphatic heterocycles. The Morgan fingerprint density at radius 2 is 2.00 bits per heavy atom. The van der Waals surface area contributed by atoms with E-state index >= 15 is 0 Å². The number of hydrogen-bond donors (Lipinski definition) is 2. The molecular formula is C15H18N6O. The van der Waals surface area contributed by atoms with Gasteiger partial charge in [0.05, 0.1) is 17.2 Å². The lowest BCUT2D eigenvalue weighted by Crippen LogP contribution is -2.41. The Morgan fingerprint density at radius 1 is 1.23 bits per heavy atom. The molecule has 3 rings (SSSR count). The zero-order valence-electron chi connectivity index (χ0n) is 12.7. The van der Waals surface area contributed by atoms with Crippen molar-refractivity contribution in [3.05, 3.63) is 30.5 Å². The first-order valence-corrected chi connectivity index (χ1v) is 7.22. The lowest BCUT2D eigenvalue weighted by Gasteiger charge is -2.17. The Kier molecular flexibility index (Phi) is 3.62. The van der Waals surface area contributed by atoms with Crippen LogP contribution >= 0.6 is 0 Å². The summed E-state index contributed by atoms with van der Waals surface area (Å²) in [6, 6.07) is 7.43. The second kappa shape index (κ2) is 5.59. The Balaban J connectivity index is 1.99. The fourth-order valence-corrected chi connectivity index (χ4v) is 2.29. The summed E-state index contributed by atoms with van der Waals surface area (Å²) in [5.74, 6) is 0.413. The van der Waals surface area contributed by atoms with Gasteiger partial charge in [-0.05, 0) is 26.8 Å². The number of aromatic nitrogens is 4. The normalized spacial score (nSPS) is 12.7. The van der Waals surface area contributed by atoms with Gasteiger partial charge in [-0.25, -0.2) is 4.98 Å². The first-order valence-electron chi connectivity index (χ1n) is 7.22. The van der Waals surface area contributed by atoms with Crippen LogP contribution in [-0.2, 0) is 4.79 Å². The van der Waals surface area contributed by atoms with E-state index < -0.39 is 6.04 Å². The summed E-state index contributed by atoms with van der Waals surface area (Å²) in [5.41, 5.74) is 1.68. The summed E-state index contributed by atoms with van der Waals surface area (Å²) in [6.07, 6.45) is 1.69. The molecule has 0 aliphatic carbocycles. The average Bonchev–Trinajstić information content (AvgIpc) is 2.96. The number of nitrogens with zero attached hydrogens (tertiary/aromatic N) is 4. The third-order valence-electron chi connectivity index (χ3n) is 3.33. The lowest BCUT2D eigenvalue weighted by atomic mass is 10.2. The number of rotatable bonds is 4. The summed E-state index contributed by atoms with van der Waals surface area (Å²) in [6.45, 7) is 5.64. The quantitative estimate of drug-likeness (QED) is 0.764. The van der Waals surface area contributed by atoms with Crippen molar-refractivity contribution in [3.63, 3.8) is 0 Å². The highest BCUT2D eigenvalue weighted by Gasteiger charge is 2.17. The zero-order chi connectivity index (χ0) is 15.7. The van der Waals surface area contributed by atoms with Gasteiger partial charge in [-0.15, -0.1) is 5.10 Å². The molecule has 0 aliphatic rings. The Morgan fingerprint density at radius 3 is 2.77 bits per heavy atom. The van der Waals surface area contributed by atoms with Gasteiger partial charge in [0.1, 0.15) is 6.04 Å². The number of carbonyl (C=O) groups is 1. The first kappa shape index (κ1) is 14.2. The van der Waals surface area contributed by atoms with E-state index in [0.29, 0.717) is 5.95 Å². The van der Waals surface area contributed by atoms with E-state index in [4.69, 9.17) is 0 Å². The number of carbonyl (C=O) groups excluding carboxylic acids is 1. The largest absolute Gasteiger partial charge is 0.352 e. The van der Waals surface area contributed by atoms with Crippen molar-refractivity contribution in [2.75, 3.05) is 5.32 Å². The Labute approximate surface area is 127 Å². The van der Waals surface area contributed by atoms with Gasteiger partial charge < -0.3 is 10.6 Å². The molecule has 3 aromatic rings. The maximum Gasteiger partial charge on any atom is 0.242 e. The molecule has 0 spiro atoms. The molecule has 1 atom stereocenters. The predicted octanol–water partition coefficient (Wildman–Crippen LogP) is 1.60. The van der Waals surface area contributed by atoms with Crippen LogP contribution in [0.3, 0.4) is 0 Å². The third kappa shape index (κ3) is 2.57. The van der Waals surface area contributed by atoms with Gasteiger partial charge in [-0.3, -0.25) is 4.79 Å². The molecule has 0 saturated heterocycles. The van der Waals surface area contributed by atoms with Gasteiger partial charge in [0.2, 0.25) is 11.9 Å². The highest BCUT2D eigenvalue weighted by molar-refractivity contribution is 5.94. The molecule has 0 radical (unpaired) electrons. The Bertz CT molecular complexity index is 825. The number of para-hydroxylation sites is 1. The standard InChI is InChI=1S/C15H18N6O/c1-9(2)17-14(22)10(3)18-15-19-12-7-5-4-6-11(12)13-8-16-20-21(13)15/h4-10H,1-3H3,(H,17,22)(H,18,19)/t10-/m1/s1. The number of fused-ring (bicyclic) bond motifs is 3. The first-order chi connectivity index (χ1) is 10.6. The van der Waals surface area contributed by atoms with Crippen LogP contribution in [0.25, 0.3) is 16.4 Å². The molecule has 2 heterocycles. The number of benzene rings is 1. The highest BCUT2D eigenvalue weighted by atomic mass is 16.2. The van der Waals surface area contributed by atoms with Gasteiger partial charge in [0.15, 0.2) is 0 Å². The maximum absolute atomic E-state index is 12.0. The molecule has 2 aromatic heterocycles. The van der Waals surface area contributed by atoms with Crippen molar-refractivity contribution < 1.29 is 4.79 Å². The van der Waals surface area contributed by atoms with E-state index in [1.807, 2.05) is 38.1 Å². The van der Waals surface area contributed by atoms with E-state index in [0.717, 1.165) is 16.4 Å². The molecule has 0 bridgehead atoms. The molecule has 2 N–H and O–H groups in total. The minimum Gasteiger partial charge on any atom is -0.352 e. The topological polar surface area (TPSA) is 84.2 Å².